The number of nitrogen functional groups attached to an aromatic ring is 1. The first-order chi connectivity index (χ1) is 9.54. The first-order valence-electron chi connectivity index (χ1n) is 5.65. The molecule has 7 heteroatoms. The lowest BCUT2D eigenvalue weighted by Gasteiger charge is -2.01. The van der Waals surface area contributed by atoms with E-state index in [1.54, 1.807) is 12.1 Å². The molecule has 5 nitrogen and oxygen atoms in total. The van der Waals surface area contributed by atoms with E-state index in [-0.39, 0.29) is 17.2 Å². The molecule has 0 aliphatic heterocycles. The summed E-state index contributed by atoms with van der Waals surface area (Å²) < 4.78 is 14.0. The Kier molecular flexibility index (Phi) is 2.83. The number of aromatic nitrogens is 1. The van der Waals surface area contributed by atoms with Gasteiger partial charge in [0.25, 0.3) is 5.69 Å². The lowest BCUT2D eigenvalue weighted by atomic mass is 10.1. The van der Waals surface area contributed by atoms with E-state index in [9.17, 15) is 14.5 Å². The van der Waals surface area contributed by atoms with Crippen molar-refractivity contribution in [3.8, 4) is 10.6 Å². The number of rotatable bonds is 2. The molecule has 3 rings (SSSR count). The number of hydrogen-bond acceptors (Lipinski definition) is 5. The highest BCUT2D eigenvalue weighted by Crippen LogP contribution is 2.35. The van der Waals surface area contributed by atoms with E-state index in [4.69, 9.17) is 5.73 Å². The Morgan fingerprint density at radius 3 is 2.75 bits per heavy atom. The molecule has 0 saturated carbocycles. The number of thiazole rings is 1. The molecular weight excluding hydrogens is 281 g/mol. The summed E-state index contributed by atoms with van der Waals surface area (Å²) in [7, 11) is 0. The predicted molar refractivity (Wildman–Crippen MR) is 76.1 cm³/mol. The summed E-state index contributed by atoms with van der Waals surface area (Å²) in [6.45, 7) is 0. The number of non-ortho nitro benzene ring substituents is 1. The summed E-state index contributed by atoms with van der Waals surface area (Å²) in [5.41, 5.74) is 7.19. The predicted octanol–water partition coefficient (Wildman–Crippen LogP) is 3.59. The van der Waals surface area contributed by atoms with E-state index in [1.165, 1.54) is 35.6 Å². The average molecular weight is 289 g/mol. The third-order valence-electron chi connectivity index (χ3n) is 2.83. The van der Waals surface area contributed by atoms with Crippen LogP contribution in [0.3, 0.4) is 0 Å². The van der Waals surface area contributed by atoms with Gasteiger partial charge in [-0.05, 0) is 18.2 Å². The summed E-state index contributed by atoms with van der Waals surface area (Å²) in [6, 6.07) is 8.58. The van der Waals surface area contributed by atoms with Gasteiger partial charge in [-0.15, -0.1) is 11.3 Å². The minimum Gasteiger partial charge on any atom is -0.398 e. The quantitative estimate of drug-likeness (QED) is 0.444. The topological polar surface area (TPSA) is 82.0 Å². The standard InChI is InChI=1S/C13H8FN3O2S/c14-7-1-4-12-11(5-7)16-13(20-12)9-3-2-8(17(18)19)6-10(9)15/h1-6H,15H2. The SMILES string of the molecule is Nc1cc([N+](=O)[O-])ccc1-c1nc2cc(F)ccc2s1. The fourth-order valence-corrected chi connectivity index (χ4v) is 2.87. The Bertz CT molecular complexity index is 832. The number of nitrogens with zero attached hydrogens (tertiary/aromatic N) is 2. The van der Waals surface area contributed by atoms with Gasteiger partial charge in [0.1, 0.15) is 10.8 Å². The van der Waals surface area contributed by atoms with Crippen molar-refractivity contribution < 1.29 is 9.31 Å². The number of nitro benzene ring substituents is 1. The highest BCUT2D eigenvalue weighted by Gasteiger charge is 2.13. The highest BCUT2D eigenvalue weighted by molar-refractivity contribution is 7.21. The van der Waals surface area contributed by atoms with E-state index in [0.29, 0.717) is 16.1 Å². The zero-order valence-corrected chi connectivity index (χ0v) is 10.9. The van der Waals surface area contributed by atoms with Crippen LogP contribution in [0.15, 0.2) is 36.4 Å². The second-order valence-electron chi connectivity index (χ2n) is 4.16. The molecule has 0 spiro atoms. The van der Waals surface area contributed by atoms with Crippen LogP contribution in [-0.4, -0.2) is 9.91 Å². The van der Waals surface area contributed by atoms with Gasteiger partial charge in [-0.3, -0.25) is 10.1 Å². The van der Waals surface area contributed by atoms with E-state index in [0.717, 1.165) is 4.70 Å². The maximum absolute atomic E-state index is 13.1. The molecule has 1 aromatic heterocycles. The molecule has 0 saturated heterocycles. The van der Waals surface area contributed by atoms with Crippen molar-refractivity contribution in [3.63, 3.8) is 0 Å². The number of fused-ring (bicyclic) bond motifs is 1. The lowest BCUT2D eigenvalue weighted by Crippen LogP contribution is -1.93. The molecular formula is C13H8FN3O2S. The van der Waals surface area contributed by atoms with Crippen LogP contribution in [0.25, 0.3) is 20.8 Å². The zero-order valence-electron chi connectivity index (χ0n) is 10.0. The molecule has 0 bridgehead atoms. The van der Waals surface area contributed by atoms with Gasteiger partial charge in [0, 0.05) is 29.4 Å². The Balaban J connectivity index is 2.13. The third kappa shape index (κ3) is 2.08. The molecule has 20 heavy (non-hydrogen) atoms. The smallest absolute Gasteiger partial charge is 0.271 e. The molecule has 2 aromatic carbocycles. The monoisotopic (exact) mass is 289 g/mol. The van der Waals surface area contributed by atoms with Crippen molar-refractivity contribution in [1.29, 1.82) is 0 Å². The van der Waals surface area contributed by atoms with Gasteiger partial charge in [0.15, 0.2) is 0 Å². The molecule has 0 aliphatic carbocycles. The van der Waals surface area contributed by atoms with Crippen molar-refractivity contribution in [1.82, 2.24) is 4.98 Å². The zero-order chi connectivity index (χ0) is 14.3. The minimum absolute atomic E-state index is 0.0709. The van der Waals surface area contributed by atoms with E-state index >= 15 is 0 Å². The van der Waals surface area contributed by atoms with Gasteiger partial charge in [-0.25, -0.2) is 9.37 Å². The third-order valence-corrected chi connectivity index (χ3v) is 3.90. The van der Waals surface area contributed by atoms with Crippen molar-refractivity contribution in [2.75, 3.05) is 5.73 Å². The number of benzene rings is 2. The number of anilines is 1. The van der Waals surface area contributed by atoms with Crippen LogP contribution < -0.4 is 5.73 Å². The van der Waals surface area contributed by atoms with Gasteiger partial charge < -0.3 is 5.73 Å². The summed E-state index contributed by atoms with van der Waals surface area (Å²) in [5.74, 6) is -0.356. The lowest BCUT2D eigenvalue weighted by molar-refractivity contribution is -0.384. The van der Waals surface area contributed by atoms with Crippen LogP contribution in [0.5, 0.6) is 0 Å². The van der Waals surface area contributed by atoms with Crippen LogP contribution >= 0.6 is 11.3 Å². The fourth-order valence-electron chi connectivity index (χ4n) is 1.87. The Morgan fingerprint density at radius 2 is 2.05 bits per heavy atom. The average Bonchev–Trinajstić information content (AvgIpc) is 2.80. The van der Waals surface area contributed by atoms with Gasteiger partial charge in [0.05, 0.1) is 15.1 Å². The van der Waals surface area contributed by atoms with Crippen LogP contribution in [0, 0.1) is 15.9 Å². The van der Waals surface area contributed by atoms with Gasteiger partial charge in [0.2, 0.25) is 0 Å². The largest absolute Gasteiger partial charge is 0.398 e. The molecule has 100 valence electrons. The molecule has 0 aliphatic rings. The van der Waals surface area contributed by atoms with Gasteiger partial charge in [-0.1, -0.05) is 0 Å². The molecule has 0 atom stereocenters. The first kappa shape index (κ1) is 12.5. The molecule has 2 N–H and O–H groups in total. The number of hydrogen-bond donors (Lipinski definition) is 1. The number of nitrogens with two attached hydrogens (primary N) is 1. The van der Waals surface area contributed by atoms with Crippen LogP contribution in [0.2, 0.25) is 0 Å². The van der Waals surface area contributed by atoms with Crippen LogP contribution in [0.4, 0.5) is 15.8 Å². The number of nitro groups is 1. The molecule has 0 fully saturated rings. The minimum atomic E-state index is -0.506. The Labute approximate surface area is 116 Å². The summed E-state index contributed by atoms with van der Waals surface area (Å²) in [4.78, 5) is 14.5. The van der Waals surface area contributed by atoms with Crippen molar-refractivity contribution in [2.24, 2.45) is 0 Å². The van der Waals surface area contributed by atoms with E-state index < -0.39 is 4.92 Å². The second-order valence-corrected chi connectivity index (χ2v) is 5.19. The number of halogens is 1. The Hall–Kier alpha value is -2.54. The van der Waals surface area contributed by atoms with Gasteiger partial charge in [-0.2, -0.15) is 0 Å². The highest BCUT2D eigenvalue weighted by atomic mass is 32.1. The second kappa shape index (κ2) is 4.53. The van der Waals surface area contributed by atoms with Crippen LogP contribution in [0.1, 0.15) is 0 Å². The van der Waals surface area contributed by atoms with Crippen LogP contribution in [-0.2, 0) is 0 Å². The van der Waals surface area contributed by atoms with Crippen molar-refractivity contribution in [2.45, 2.75) is 0 Å². The molecule has 3 aromatic rings. The summed E-state index contributed by atoms with van der Waals surface area (Å²) >= 11 is 1.36. The summed E-state index contributed by atoms with van der Waals surface area (Å²) in [6.07, 6.45) is 0. The maximum Gasteiger partial charge on any atom is 0.271 e. The van der Waals surface area contributed by atoms with Crippen molar-refractivity contribution >= 4 is 32.9 Å². The Morgan fingerprint density at radius 1 is 1.25 bits per heavy atom. The maximum atomic E-state index is 13.1. The fraction of sp³-hybridized carbons (Fsp3) is 0. The summed E-state index contributed by atoms with van der Waals surface area (Å²) in [5, 5.41) is 11.3. The molecule has 0 radical (unpaired) electrons. The van der Waals surface area contributed by atoms with E-state index in [1.807, 2.05) is 0 Å². The normalized spacial score (nSPS) is 10.8. The molecule has 1 heterocycles. The van der Waals surface area contributed by atoms with Crippen molar-refractivity contribution in [3.05, 3.63) is 52.3 Å². The first-order valence-corrected chi connectivity index (χ1v) is 6.46. The molecule has 0 unspecified atom stereocenters. The van der Waals surface area contributed by atoms with E-state index in [2.05, 4.69) is 4.98 Å². The molecule has 0 amide bonds. The van der Waals surface area contributed by atoms with Gasteiger partial charge >= 0.3 is 0 Å².